The maximum atomic E-state index is 14.2. The Morgan fingerprint density at radius 1 is 1.00 bits per heavy atom. The van der Waals surface area contributed by atoms with Crippen LogP contribution < -0.4 is 5.32 Å². The third kappa shape index (κ3) is 9.24. The highest BCUT2D eigenvalue weighted by Gasteiger charge is 2.51. The number of carbonyl (C=O) groups excluding carboxylic acids is 6. The molecule has 0 aromatic heterocycles. The van der Waals surface area contributed by atoms with Crippen molar-refractivity contribution in [1.29, 1.82) is 0 Å². The molecule has 2 heterocycles. The average molecular weight is 674 g/mol. The monoisotopic (exact) mass is 673 g/mol. The molecule has 2 fully saturated rings. The smallest absolute Gasteiger partial charge is 0.253 e. The quantitative estimate of drug-likeness (QED) is 0.164. The van der Waals surface area contributed by atoms with Crippen LogP contribution >= 0.6 is 0 Å². The van der Waals surface area contributed by atoms with Crippen LogP contribution in [0.3, 0.4) is 0 Å². The van der Waals surface area contributed by atoms with Crippen LogP contribution in [0.5, 0.6) is 0 Å². The van der Waals surface area contributed by atoms with E-state index in [1.807, 2.05) is 34.6 Å². The predicted octanol–water partition coefficient (Wildman–Crippen LogP) is 3.14. The minimum absolute atomic E-state index is 0.0145. The molecule has 3 rings (SSSR count). The fourth-order valence-electron chi connectivity index (χ4n) is 7.68. The number of nitrogens with one attached hydrogen (secondary N) is 1. The molecular formula is C36H59N5O7. The number of amides is 6. The molecule has 48 heavy (non-hydrogen) atoms. The molecule has 12 heteroatoms. The maximum absolute atomic E-state index is 14.2. The molecule has 12 nitrogen and oxygen atoms in total. The van der Waals surface area contributed by atoms with Gasteiger partial charge >= 0.3 is 0 Å². The second-order valence-electron chi connectivity index (χ2n) is 14.3. The van der Waals surface area contributed by atoms with E-state index < -0.39 is 18.2 Å². The van der Waals surface area contributed by atoms with E-state index in [9.17, 15) is 28.8 Å². The minimum atomic E-state index is -0.813. The van der Waals surface area contributed by atoms with E-state index in [-0.39, 0.29) is 78.1 Å². The van der Waals surface area contributed by atoms with Crippen molar-refractivity contribution in [2.24, 2.45) is 17.8 Å². The van der Waals surface area contributed by atoms with Crippen LogP contribution in [0.2, 0.25) is 0 Å². The zero-order valence-corrected chi connectivity index (χ0v) is 30.4. The van der Waals surface area contributed by atoms with E-state index in [4.69, 9.17) is 4.74 Å². The third-order valence-electron chi connectivity index (χ3n) is 10.6. The molecule has 6 amide bonds. The van der Waals surface area contributed by atoms with Crippen molar-refractivity contribution in [2.45, 2.75) is 129 Å². The molecule has 0 aromatic carbocycles. The number of ether oxygens (including phenoxy) is 1. The molecule has 0 aromatic rings. The van der Waals surface area contributed by atoms with Gasteiger partial charge in [0, 0.05) is 58.9 Å². The molecule has 1 saturated carbocycles. The average Bonchev–Trinajstić information content (AvgIpc) is 3.77. The van der Waals surface area contributed by atoms with Gasteiger partial charge in [-0.05, 0) is 56.3 Å². The van der Waals surface area contributed by atoms with Crippen molar-refractivity contribution in [1.82, 2.24) is 24.9 Å². The van der Waals surface area contributed by atoms with Gasteiger partial charge in [-0.25, -0.2) is 0 Å². The van der Waals surface area contributed by atoms with Gasteiger partial charge in [0.15, 0.2) is 0 Å². The number of carbonyl (C=O) groups is 6. The summed E-state index contributed by atoms with van der Waals surface area (Å²) in [5.41, 5.74) is 0. The van der Waals surface area contributed by atoms with E-state index in [0.717, 1.165) is 32.1 Å². The number of unbranched alkanes of at least 4 members (excludes halogenated alkanes) is 2. The summed E-state index contributed by atoms with van der Waals surface area (Å²) in [6.45, 7) is 10.9. The van der Waals surface area contributed by atoms with E-state index >= 15 is 0 Å². The van der Waals surface area contributed by atoms with Gasteiger partial charge in [-0.2, -0.15) is 0 Å². The number of likely N-dealkylation sites (N-methyl/N-ethyl adjacent to an activating group) is 1. The van der Waals surface area contributed by atoms with Crippen molar-refractivity contribution in [3.8, 4) is 0 Å². The Labute approximate surface area is 286 Å². The largest absolute Gasteiger partial charge is 0.379 e. The summed E-state index contributed by atoms with van der Waals surface area (Å²) in [7, 11) is 5.08. The van der Waals surface area contributed by atoms with Gasteiger partial charge in [0.1, 0.15) is 12.1 Å². The topological polar surface area (TPSA) is 137 Å². The summed E-state index contributed by atoms with van der Waals surface area (Å²) >= 11 is 0. The van der Waals surface area contributed by atoms with Gasteiger partial charge in [0.25, 0.3) is 11.8 Å². The molecular weight excluding hydrogens is 614 g/mol. The van der Waals surface area contributed by atoms with Crippen molar-refractivity contribution in [2.75, 3.05) is 34.3 Å². The lowest BCUT2D eigenvalue weighted by Gasteiger charge is -2.41. The number of likely N-dealkylation sites (tertiary alicyclic amines) is 1. The molecule has 270 valence electrons. The first kappa shape index (κ1) is 39.2. The van der Waals surface area contributed by atoms with Crippen LogP contribution in [0.1, 0.15) is 98.8 Å². The zero-order chi connectivity index (χ0) is 35.7. The predicted molar refractivity (Wildman–Crippen MR) is 182 cm³/mol. The van der Waals surface area contributed by atoms with E-state index in [2.05, 4.69) is 5.32 Å². The zero-order valence-electron chi connectivity index (χ0n) is 30.4. The second-order valence-corrected chi connectivity index (χ2v) is 14.3. The number of piperidine rings is 1. The van der Waals surface area contributed by atoms with Crippen LogP contribution in [0.25, 0.3) is 0 Å². The van der Waals surface area contributed by atoms with Crippen molar-refractivity contribution in [3.05, 3.63) is 12.2 Å². The molecule has 0 spiro atoms. The Balaban J connectivity index is 1.67. The van der Waals surface area contributed by atoms with Crippen LogP contribution in [0.15, 0.2) is 12.2 Å². The second kappa shape index (κ2) is 17.9. The fraction of sp³-hybridized carbons (Fsp3) is 0.778. The van der Waals surface area contributed by atoms with Gasteiger partial charge in [0.2, 0.25) is 23.6 Å². The number of hydrogen-bond acceptors (Lipinski definition) is 7. The van der Waals surface area contributed by atoms with Gasteiger partial charge in [-0.1, -0.05) is 47.5 Å². The summed E-state index contributed by atoms with van der Waals surface area (Å²) in [4.78, 5) is 84.5. The molecule has 2 aliphatic heterocycles. The van der Waals surface area contributed by atoms with Crippen LogP contribution in [-0.2, 0) is 33.5 Å². The SMILES string of the molecule is CCCN(C)C(=O)C[C@@H](OC)[C@H]([C@@H](C)CC)N(C)C(=O)[C@@H](NC(=O)[C@@H]1[C@H]2CC[C@H](C2)N1C(=O)CCCCCN1C(=O)C=CC1=O)C(C)C. The van der Waals surface area contributed by atoms with Gasteiger partial charge in [-0.15, -0.1) is 0 Å². The number of nitrogens with zero attached hydrogens (tertiary/aromatic N) is 4. The highest BCUT2D eigenvalue weighted by Crippen LogP contribution is 2.43. The molecule has 0 radical (unpaired) electrons. The lowest BCUT2D eigenvalue weighted by molar-refractivity contribution is -0.148. The third-order valence-corrected chi connectivity index (χ3v) is 10.6. The first-order chi connectivity index (χ1) is 22.8. The number of methoxy groups -OCH3 is 1. The molecule has 3 aliphatic rings. The Kier molecular flexibility index (Phi) is 14.6. The van der Waals surface area contributed by atoms with E-state index in [1.165, 1.54) is 17.1 Å². The van der Waals surface area contributed by atoms with Gasteiger partial charge in [0.05, 0.1) is 18.6 Å². The Bertz CT molecular complexity index is 1190. The molecule has 0 unspecified atom stereocenters. The van der Waals surface area contributed by atoms with Crippen LogP contribution in [0, 0.1) is 17.8 Å². The number of imide groups is 1. The molecule has 1 aliphatic carbocycles. The fourth-order valence-corrected chi connectivity index (χ4v) is 7.68. The normalized spacial score (nSPS) is 22.6. The Morgan fingerprint density at radius 3 is 2.25 bits per heavy atom. The Morgan fingerprint density at radius 2 is 1.67 bits per heavy atom. The lowest BCUT2D eigenvalue weighted by Crippen LogP contribution is -2.60. The highest BCUT2D eigenvalue weighted by molar-refractivity contribution is 6.12. The summed E-state index contributed by atoms with van der Waals surface area (Å²) in [6, 6.07) is -1.80. The highest BCUT2D eigenvalue weighted by atomic mass is 16.5. The van der Waals surface area contributed by atoms with Crippen LogP contribution in [-0.4, -0.2) is 120 Å². The molecule has 7 atom stereocenters. The standard InChI is InChI=1S/C36H59N5O7/c1-9-19-38(6)31(45)22-27(48-8)33(24(5)10-2)39(7)36(47)32(23(3)4)37-35(46)34-25-15-16-26(21-25)41(34)30(44)14-12-11-13-20-40-28(42)17-18-29(40)43/h17-18,23-27,32-34H,9-16,19-22H2,1-8H3,(H,37,46)/t24-,25-,26+,27+,32-,33-,34-/m0/s1. The molecule has 1 saturated heterocycles. The van der Waals surface area contributed by atoms with E-state index in [1.54, 1.807) is 35.9 Å². The van der Waals surface area contributed by atoms with Crippen molar-refractivity contribution in [3.63, 3.8) is 0 Å². The molecule has 1 N–H and O–H groups in total. The van der Waals surface area contributed by atoms with Gasteiger partial charge in [-0.3, -0.25) is 33.7 Å². The van der Waals surface area contributed by atoms with Crippen LogP contribution in [0.4, 0.5) is 0 Å². The van der Waals surface area contributed by atoms with Gasteiger partial charge < -0.3 is 24.8 Å². The minimum Gasteiger partial charge on any atom is -0.379 e. The number of hydrogen-bond donors (Lipinski definition) is 1. The summed E-state index contributed by atoms with van der Waals surface area (Å²) in [6.07, 6.45) is 8.46. The summed E-state index contributed by atoms with van der Waals surface area (Å²) in [5, 5.41) is 3.05. The maximum Gasteiger partial charge on any atom is 0.253 e. The Hall–Kier alpha value is -3.28. The first-order valence-electron chi connectivity index (χ1n) is 18.0. The number of fused-ring (bicyclic) bond motifs is 2. The van der Waals surface area contributed by atoms with Crippen molar-refractivity contribution < 1.29 is 33.5 Å². The number of rotatable bonds is 19. The molecule has 2 bridgehead atoms. The first-order valence-corrected chi connectivity index (χ1v) is 18.0. The van der Waals surface area contributed by atoms with E-state index in [0.29, 0.717) is 32.4 Å². The van der Waals surface area contributed by atoms with Crippen molar-refractivity contribution >= 4 is 35.4 Å². The summed E-state index contributed by atoms with van der Waals surface area (Å²) < 4.78 is 5.86. The lowest BCUT2D eigenvalue weighted by atomic mass is 9.89. The summed E-state index contributed by atoms with van der Waals surface area (Å²) in [5.74, 6) is -1.39.